The van der Waals surface area contributed by atoms with Crippen LogP contribution in [0.4, 0.5) is 16.2 Å². The first-order valence-electron chi connectivity index (χ1n) is 8.26. The Morgan fingerprint density at radius 1 is 1.21 bits per heavy atom. The fourth-order valence-electron chi connectivity index (χ4n) is 3.60. The van der Waals surface area contributed by atoms with Crippen LogP contribution in [0.3, 0.4) is 0 Å². The average molecular weight is 333 g/mol. The quantitative estimate of drug-likeness (QED) is 0.614. The van der Waals surface area contributed by atoms with E-state index in [9.17, 15) is 14.9 Å². The summed E-state index contributed by atoms with van der Waals surface area (Å²) in [5, 5.41) is 11.3. The topological polar surface area (TPSA) is 75.9 Å². The number of benzene rings is 1. The molecule has 0 aliphatic carbocycles. The zero-order chi connectivity index (χ0) is 17.5. The molecule has 24 heavy (non-hydrogen) atoms. The smallest absolute Gasteiger partial charge is 0.410 e. The van der Waals surface area contributed by atoms with Crippen LogP contribution in [-0.2, 0) is 4.74 Å². The third-order valence-electron chi connectivity index (χ3n) is 4.51. The van der Waals surface area contributed by atoms with Crippen LogP contribution < -0.4 is 4.90 Å². The van der Waals surface area contributed by atoms with Gasteiger partial charge in [-0.2, -0.15) is 0 Å². The molecule has 3 rings (SSSR count). The maximum atomic E-state index is 12.5. The van der Waals surface area contributed by atoms with Gasteiger partial charge in [-0.3, -0.25) is 15.0 Å². The lowest BCUT2D eigenvalue weighted by Gasteiger charge is -2.42. The zero-order valence-electron chi connectivity index (χ0n) is 14.3. The second-order valence-electron chi connectivity index (χ2n) is 7.42. The number of hydrogen-bond donors (Lipinski definition) is 0. The van der Waals surface area contributed by atoms with Crippen molar-refractivity contribution in [3.8, 4) is 0 Å². The second-order valence-corrected chi connectivity index (χ2v) is 7.42. The molecule has 0 spiro atoms. The number of fused-ring (bicyclic) bond motifs is 2. The van der Waals surface area contributed by atoms with E-state index in [1.54, 1.807) is 12.1 Å². The molecule has 2 aliphatic heterocycles. The summed E-state index contributed by atoms with van der Waals surface area (Å²) in [7, 11) is 0. The van der Waals surface area contributed by atoms with Crippen molar-refractivity contribution in [1.29, 1.82) is 0 Å². The van der Waals surface area contributed by atoms with Gasteiger partial charge in [0.1, 0.15) is 11.3 Å². The monoisotopic (exact) mass is 333 g/mol. The van der Waals surface area contributed by atoms with Gasteiger partial charge in [-0.25, -0.2) is 4.79 Å². The van der Waals surface area contributed by atoms with Gasteiger partial charge in [0, 0.05) is 19.2 Å². The van der Waals surface area contributed by atoms with Crippen LogP contribution in [0.5, 0.6) is 0 Å². The van der Waals surface area contributed by atoms with E-state index in [-0.39, 0.29) is 28.8 Å². The Morgan fingerprint density at radius 2 is 1.79 bits per heavy atom. The standard InChI is InChI=1S/C17H23N3O4/c1-17(2,3)24-16(21)19-12-8-9-13(19)11-18(10-12)14-6-4-5-7-15(14)20(22)23/h4-7,12-13H,8-11H2,1-3H3. The molecule has 0 saturated carbocycles. The number of carbonyl (C=O) groups is 1. The number of nitro benzene ring substituents is 1. The first kappa shape index (κ1) is 16.5. The molecule has 1 aromatic carbocycles. The molecule has 2 aliphatic rings. The molecule has 2 bridgehead atoms. The number of nitrogens with zero attached hydrogens (tertiary/aromatic N) is 3. The van der Waals surface area contributed by atoms with E-state index in [0.29, 0.717) is 18.8 Å². The molecular weight excluding hydrogens is 310 g/mol. The summed E-state index contributed by atoms with van der Waals surface area (Å²) in [5.74, 6) is 0. The first-order chi connectivity index (χ1) is 11.3. The van der Waals surface area contributed by atoms with Gasteiger partial charge in [0.2, 0.25) is 0 Å². The highest BCUT2D eigenvalue weighted by Crippen LogP contribution is 2.36. The van der Waals surface area contributed by atoms with E-state index in [2.05, 4.69) is 0 Å². The number of piperazine rings is 1. The lowest BCUT2D eigenvalue weighted by molar-refractivity contribution is -0.384. The third kappa shape index (κ3) is 3.16. The van der Waals surface area contributed by atoms with E-state index in [0.717, 1.165) is 12.8 Å². The van der Waals surface area contributed by atoms with Crippen molar-refractivity contribution in [3.05, 3.63) is 34.4 Å². The van der Waals surface area contributed by atoms with Crippen molar-refractivity contribution in [2.45, 2.75) is 51.3 Å². The predicted octanol–water partition coefficient (Wildman–Crippen LogP) is 3.18. The Bertz CT molecular complexity index is 641. The molecule has 2 atom stereocenters. The SMILES string of the molecule is CC(C)(C)OC(=O)N1C2CCC1CN(c1ccccc1[N+](=O)[O-])C2. The molecule has 7 nitrogen and oxygen atoms in total. The average Bonchev–Trinajstić information content (AvgIpc) is 2.76. The lowest BCUT2D eigenvalue weighted by atomic mass is 10.1. The molecule has 0 radical (unpaired) electrons. The summed E-state index contributed by atoms with van der Waals surface area (Å²) < 4.78 is 5.52. The van der Waals surface area contributed by atoms with E-state index in [1.165, 1.54) is 6.07 Å². The zero-order valence-corrected chi connectivity index (χ0v) is 14.3. The summed E-state index contributed by atoms with van der Waals surface area (Å²) in [4.78, 5) is 27.2. The van der Waals surface area contributed by atoms with Crippen LogP contribution in [-0.4, -0.2) is 46.7 Å². The molecular formula is C17H23N3O4. The maximum absolute atomic E-state index is 12.5. The van der Waals surface area contributed by atoms with Crippen LogP contribution >= 0.6 is 0 Å². The van der Waals surface area contributed by atoms with Gasteiger partial charge >= 0.3 is 6.09 Å². The van der Waals surface area contributed by atoms with Crippen LogP contribution in [0.1, 0.15) is 33.6 Å². The third-order valence-corrected chi connectivity index (χ3v) is 4.51. The molecule has 2 fully saturated rings. The Labute approximate surface area is 141 Å². The summed E-state index contributed by atoms with van der Waals surface area (Å²) >= 11 is 0. The minimum absolute atomic E-state index is 0.0402. The van der Waals surface area contributed by atoms with Gasteiger partial charge in [0.15, 0.2) is 0 Å². The number of carbonyl (C=O) groups excluding carboxylic acids is 1. The highest BCUT2D eigenvalue weighted by atomic mass is 16.6. The Morgan fingerprint density at radius 3 is 2.33 bits per heavy atom. The number of rotatable bonds is 2. The van der Waals surface area contributed by atoms with Crippen molar-refractivity contribution in [2.24, 2.45) is 0 Å². The van der Waals surface area contributed by atoms with E-state index < -0.39 is 5.60 Å². The van der Waals surface area contributed by atoms with Gasteiger partial charge in [-0.05, 0) is 39.7 Å². The number of amides is 1. The predicted molar refractivity (Wildman–Crippen MR) is 90.2 cm³/mol. The van der Waals surface area contributed by atoms with Gasteiger partial charge in [-0.1, -0.05) is 12.1 Å². The Balaban J connectivity index is 1.79. The molecule has 0 aromatic heterocycles. The van der Waals surface area contributed by atoms with Crippen molar-refractivity contribution in [2.75, 3.05) is 18.0 Å². The summed E-state index contributed by atoms with van der Waals surface area (Å²) in [6.45, 7) is 6.77. The van der Waals surface area contributed by atoms with Crippen molar-refractivity contribution in [3.63, 3.8) is 0 Å². The largest absolute Gasteiger partial charge is 0.444 e. The van der Waals surface area contributed by atoms with Crippen LogP contribution in [0.15, 0.2) is 24.3 Å². The second kappa shape index (κ2) is 5.96. The number of ether oxygens (including phenoxy) is 1. The fourth-order valence-corrected chi connectivity index (χ4v) is 3.60. The number of para-hydroxylation sites is 2. The molecule has 2 saturated heterocycles. The van der Waals surface area contributed by atoms with Crippen molar-refractivity contribution >= 4 is 17.5 Å². The van der Waals surface area contributed by atoms with E-state index in [1.807, 2.05) is 36.6 Å². The molecule has 2 unspecified atom stereocenters. The van der Waals surface area contributed by atoms with E-state index >= 15 is 0 Å². The van der Waals surface area contributed by atoms with E-state index in [4.69, 9.17) is 4.74 Å². The first-order valence-corrected chi connectivity index (χ1v) is 8.26. The lowest BCUT2D eigenvalue weighted by Crippen LogP contribution is -2.56. The van der Waals surface area contributed by atoms with Crippen molar-refractivity contribution in [1.82, 2.24) is 4.90 Å². The van der Waals surface area contributed by atoms with Crippen molar-refractivity contribution < 1.29 is 14.5 Å². The molecule has 2 heterocycles. The highest BCUT2D eigenvalue weighted by Gasteiger charge is 2.45. The number of anilines is 1. The van der Waals surface area contributed by atoms with Gasteiger partial charge in [0.05, 0.1) is 17.0 Å². The molecule has 130 valence electrons. The highest BCUT2D eigenvalue weighted by molar-refractivity contribution is 5.71. The number of nitro groups is 1. The minimum Gasteiger partial charge on any atom is -0.444 e. The molecule has 7 heteroatoms. The Kier molecular flexibility index (Phi) is 4.11. The fraction of sp³-hybridized carbons (Fsp3) is 0.588. The normalized spacial score (nSPS) is 23.3. The molecule has 1 aromatic rings. The van der Waals surface area contributed by atoms with Gasteiger partial charge in [0.25, 0.3) is 5.69 Å². The minimum atomic E-state index is -0.522. The number of hydrogen-bond acceptors (Lipinski definition) is 5. The molecule has 0 N–H and O–H groups in total. The summed E-state index contributed by atoms with van der Waals surface area (Å²) in [6.07, 6.45) is 1.53. The van der Waals surface area contributed by atoms with Crippen LogP contribution in [0.2, 0.25) is 0 Å². The molecule has 1 amide bonds. The maximum Gasteiger partial charge on any atom is 0.410 e. The summed E-state index contributed by atoms with van der Waals surface area (Å²) in [6, 6.07) is 6.87. The van der Waals surface area contributed by atoms with Gasteiger partial charge in [-0.15, -0.1) is 0 Å². The summed E-state index contributed by atoms with van der Waals surface area (Å²) in [5.41, 5.74) is 0.220. The van der Waals surface area contributed by atoms with Crippen LogP contribution in [0, 0.1) is 10.1 Å². The van der Waals surface area contributed by atoms with Crippen LogP contribution in [0.25, 0.3) is 0 Å². The van der Waals surface area contributed by atoms with Gasteiger partial charge < -0.3 is 9.64 Å². The Hall–Kier alpha value is -2.31.